The lowest BCUT2D eigenvalue weighted by molar-refractivity contribution is 0.0646. The Morgan fingerprint density at radius 2 is 1.83 bits per heavy atom. The van der Waals surface area contributed by atoms with Crippen LogP contribution in [0.4, 0.5) is 8.78 Å². The highest BCUT2D eigenvalue weighted by Gasteiger charge is 2.24. The molecule has 1 aromatic heterocycles. The number of hydrogen-bond donors (Lipinski definition) is 0. The zero-order chi connectivity index (χ0) is 22.2. The van der Waals surface area contributed by atoms with Gasteiger partial charge in [0.15, 0.2) is 0 Å². The summed E-state index contributed by atoms with van der Waals surface area (Å²) in [6.07, 6.45) is 0. The van der Waals surface area contributed by atoms with Crippen molar-refractivity contribution in [3.63, 3.8) is 0 Å². The molecule has 11 heteroatoms. The lowest BCUT2D eigenvalue weighted by atomic mass is 10.2. The van der Waals surface area contributed by atoms with Gasteiger partial charge in [0.05, 0.1) is 33.1 Å². The lowest BCUT2D eigenvalue weighted by Gasteiger charge is -2.19. The maximum absolute atomic E-state index is 13.6. The van der Waals surface area contributed by atoms with E-state index in [2.05, 4.69) is 4.98 Å². The van der Waals surface area contributed by atoms with Crippen LogP contribution in [0.1, 0.15) is 22.7 Å². The van der Waals surface area contributed by atoms with Crippen molar-refractivity contribution in [2.75, 3.05) is 21.1 Å². The van der Waals surface area contributed by atoms with E-state index in [1.165, 1.54) is 45.4 Å². The molecular formula is C19H19ClF2N4O3S. The molecule has 0 N–H and O–H groups in total. The monoisotopic (exact) mass is 456 g/mol. The molecule has 0 bridgehead atoms. The molecule has 0 spiro atoms. The van der Waals surface area contributed by atoms with E-state index in [9.17, 15) is 22.0 Å². The number of sulfonamides is 1. The summed E-state index contributed by atoms with van der Waals surface area (Å²) in [6.45, 7) is -3.06. The van der Waals surface area contributed by atoms with Crippen molar-refractivity contribution in [1.29, 1.82) is 0 Å². The lowest BCUT2D eigenvalue weighted by Crippen LogP contribution is -2.29. The van der Waals surface area contributed by atoms with Gasteiger partial charge in [-0.2, -0.15) is 8.78 Å². The van der Waals surface area contributed by atoms with Gasteiger partial charge < -0.3 is 4.90 Å². The van der Waals surface area contributed by atoms with Crippen LogP contribution in [0.2, 0.25) is 5.02 Å². The number of alkyl halides is 2. The average Bonchev–Trinajstić information content (AvgIpc) is 3.05. The van der Waals surface area contributed by atoms with Gasteiger partial charge in [0.2, 0.25) is 10.0 Å². The second-order valence-electron chi connectivity index (χ2n) is 6.75. The molecule has 0 atom stereocenters. The highest BCUT2D eigenvalue weighted by Crippen LogP contribution is 2.26. The number of para-hydroxylation sites is 2. The number of carbonyl (C=O) groups is 1. The third kappa shape index (κ3) is 4.03. The third-order valence-corrected chi connectivity index (χ3v) is 6.68. The molecule has 1 amide bonds. The van der Waals surface area contributed by atoms with E-state index in [1.807, 2.05) is 0 Å². The van der Waals surface area contributed by atoms with Gasteiger partial charge in [-0.1, -0.05) is 23.7 Å². The van der Waals surface area contributed by atoms with E-state index >= 15 is 0 Å². The van der Waals surface area contributed by atoms with Crippen molar-refractivity contribution in [3.8, 4) is 0 Å². The molecule has 30 heavy (non-hydrogen) atoms. The predicted octanol–water partition coefficient (Wildman–Crippen LogP) is 3.61. The number of imidazole rings is 1. The molecule has 0 aliphatic rings. The number of benzene rings is 2. The van der Waals surface area contributed by atoms with Crippen LogP contribution >= 0.6 is 11.6 Å². The fourth-order valence-corrected chi connectivity index (χ4v) is 4.08. The standard InChI is InChI=1S/C19H19ClF2N4O3S/c1-24(2)30(28,29)12-8-9-14(20)13(10-12)18(27)25(3)11-17-23-15-6-4-5-7-16(15)26(17)19(21)22/h4-10,19H,11H2,1-3H3. The zero-order valence-electron chi connectivity index (χ0n) is 16.4. The Labute approximate surface area is 177 Å². The van der Waals surface area contributed by atoms with Gasteiger partial charge in [-0.3, -0.25) is 9.36 Å². The van der Waals surface area contributed by atoms with Crippen LogP contribution in [0.3, 0.4) is 0 Å². The predicted molar refractivity (Wildman–Crippen MR) is 109 cm³/mol. The maximum Gasteiger partial charge on any atom is 0.320 e. The molecule has 0 radical (unpaired) electrons. The molecule has 0 fully saturated rings. The van der Waals surface area contributed by atoms with Crippen molar-refractivity contribution in [2.45, 2.75) is 18.0 Å². The summed E-state index contributed by atoms with van der Waals surface area (Å²) >= 11 is 6.12. The maximum atomic E-state index is 13.6. The number of carbonyl (C=O) groups excluding carboxylic acids is 1. The first-order valence-electron chi connectivity index (χ1n) is 8.75. The number of amides is 1. The van der Waals surface area contributed by atoms with Gasteiger partial charge >= 0.3 is 6.55 Å². The van der Waals surface area contributed by atoms with Crippen molar-refractivity contribution in [1.82, 2.24) is 18.8 Å². The van der Waals surface area contributed by atoms with Crippen LogP contribution < -0.4 is 0 Å². The summed E-state index contributed by atoms with van der Waals surface area (Å²) in [4.78, 5) is 18.2. The molecule has 7 nitrogen and oxygen atoms in total. The summed E-state index contributed by atoms with van der Waals surface area (Å²) in [6, 6.07) is 10.2. The summed E-state index contributed by atoms with van der Waals surface area (Å²) in [5.74, 6) is -0.626. The van der Waals surface area contributed by atoms with Gasteiger partial charge in [-0.15, -0.1) is 0 Å². The number of halogens is 3. The van der Waals surface area contributed by atoms with E-state index in [1.54, 1.807) is 18.2 Å². The van der Waals surface area contributed by atoms with Crippen LogP contribution in [0.15, 0.2) is 47.4 Å². The van der Waals surface area contributed by atoms with E-state index in [0.29, 0.717) is 5.52 Å². The molecule has 0 aliphatic carbocycles. The molecule has 0 saturated carbocycles. The molecule has 2 aromatic carbocycles. The van der Waals surface area contributed by atoms with Gasteiger partial charge in [-0.25, -0.2) is 17.7 Å². The number of hydrogen-bond acceptors (Lipinski definition) is 4. The van der Waals surface area contributed by atoms with Crippen molar-refractivity contribution in [2.24, 2.45) is 0 Å². The molecule has 3 rings (SSSR count). The fourth-order valence-electron chi connectivity index (χ4n) is 2.95. The van der Waals surface area contributed by atoms with Gasteiger partial charge in [0.25, 0.3) is 5.91 Å². The number of aromatic nitrogens is 2. The molecule has 0 saturated heterocycles. The zero-order valence-corrected chi connectivity index (χ0v) is 18.0. The van der Waals surface area contributed by atoms with Gasteiger partial charge in [0.1, 0.15) is 5.82 Å². The Bertz CT molecular complexity index is 1210. The first-order chi connectivity index (χ1) is 14.0. The summed E-state index contributed by atoms with van der Waals surface area (Å²) < 4.78 is 53.7. The van der Waals surface area contributed by atoms with E-state index in [4.69, 9.17) is 11.6 Å². The summed E-state index contributed by atoms with van der Waals surface area (Å²) in [5, 5.41) is 0.0481. The topological polar surface area (TPSA) is 75.5 Å². The minimum Gasteiger partial charge on any atom is -0.334 e. The first kappa shape index (κ1) is 22.1. The largest absolute Gasteiger partial charge is 0.334 e. The number of rotatable bonds is 6. The van der Waals surface area contributed by atoms with Gasteiger partial charge in [-0.05, 0) is 30.3 Å². The molecule has 3 aromatic rings. The summed E-state index contributed by atoms with van der Waals surface area (Å²) in [7, 11) is 0.357. The molecule has 1 heterocycles. The molecule has 160 valence electrons. The van der Waals surface area contributed by atoms with Crippen LogP contribution in [0, 0.1) is 0 Å². The van der Waals surface area contributed by atoms with Crippen molar-refractivity contribution in [3.05, 3.63) is 58.9 Å². The minimum atomic E-state index is -3.78. The Hall–Kier alpha value is -2.56. The van der Waals surface area contributed by atoms with Crippen LogP contribution in [-0.4, -0.2) is 54.2 Å². The average molecular weight is 457 g/mol. The Balaban J connectivity index is 1.96. The van der Waals surface area contributed by atoms with E-state index in [0.717, 1.165) is 13.8 Å². The summed E-state index contributed by atoms with van der Waals surface area (Å²) in [5.41, 5.74) is 0.577. The van der Waals surface area contributed by atoms with Gasteiger partial charge in [0, 0.05) is 21.1 Å². The quantitative estimate of drug-likeness (QED) is 0.568. The second-order valence-corrected chi connectivity index (χ2v) is 9.31. The smallest absolute Gasteiger partial charge is 0.320 e. The fraction of sp³-hybridized carbons (Fsp3) is 0.263. The van der Waals surface area contributed by atoms with Crippen LogP contribution in [0.5, 0.6) is 0 Å². The van der Waals surface area contributed by atoms with E-state index < -0.39 is 22.5 Å². The molecular weight excluding hydrogens is 438 g/mol. The molecule has 0 unspecified atom stereocenters. The minimum absolute atomic E-state index is 0.00441. The highest BCUT2D eigenvalue weighted by molar-refractivity contribution is 7.89. The van der Waals surface area contributed by atoms with Crippen LogP contribution in [-0.2, 0) is 16.6 Å². The third-order valence-electron chi connectivity index (χ3n) is 4.54. The van der Waals surface area contributed by atoms with Crippen LogP contribution in [0.25, 0.3) is 11.0 Å². The number of fused-ring (bicyclic) bond motifs is 1. The second kappa shape index (κ2) is 8.29. The van der Waals surface area contributed by atoms with Crippen molar-refractivity contribution >= 4 is 38.6 Å². The highest BCUT2D eigenvalue weighted by atomic mass is 35.5. The normalized spacial score (nSPS) is 12.1. The van der Waals surface area contributed by atoms with Crippen molar-refractivity contribution < 1.29 is 22.0 Å². The van der Waals surface area contributed by atoms with E-state index in [-0.39, 0.29) is 33.4 Å². The Morgan fingerprint density at radius 1 is 1.17 bits per heavy atom. The first-order valence-corrected chi connectivity index (χ1v) is 10.6. The molecule has 0 aliphatic heterocycles. The Morgan fingerprint density at radius 3 is 2.47 bits per heavy atom. The SMILES string of the molecule is CN(Cc1nc2ccccc2n1C(F)F)C(=O)c1cc(S(=O)(=O)N(C)C)ccc1Cl. The Kier molecular flexibility index (Phi) is 6.11. The number of nitrogens with zero attached hydrogens (tertiary/aromatic N) is 4.